The first-order valence-corrected chi connectivity index (χ1v) is 11.3. The number of benzene rings is 3. The van der Waals surface area contributed by atoms with Crippen LogP contribution in [0.5, 0.6) is 11.5 Å². The summed E-state index contributed by atoms with van der Waals surface area (Å²) in [4.78, 5) is 1.50. The maximum Gasteiger partial charge on any atom is 0.160 e. The van der Waals surface area contributed by atoms with Crippen molar-refractivity contribution in [1.82, 2.24) is 20.3 Å². The van der Waals surface area contributed by atoms with Gasteiger partial charge in [0.05, 0.1) is 20.8 Å². The molecule has 0 aliphatic rings. The second-order valence-electron chi connectivity index (χ2n) is 7.71. The molecular formula is C26H26ClFN4O2. The Kier molecular flexibility index (Phi) is 7.77. The average Bonchev–Trinajstić information content (AvgIpc) is 3.27. The van der Waals surface area contributed by atoms with Crippen molar-refractivity contribution >= 4 is 11.6 Å². The third-order valence-corrected chi connectivity index (χ3v) is 5.82. The van der Waals surface area contributed by atoms with E-state index >= 15 is 0 Å². The van der Waals surface area contributed by atoms with Gasteiger partial charge in [0.15, 0.2) is 11.5 Å². The fourth-order valence-corrected chi connectivity index (χ4v) is 3.92. The van der Waals surface area contributed by atoms with Gasteiger partial charge in [-0.1, -0.05) is 54.1 Å². The number of ether oxygens (including phenoxy) is 2. The van der Waals surface area contributed by atoms with E-state index in [0.717, 1.165) is 35.5 Å². The standard InChI is InChI=1S/C26H26ClFN4O2/c1-33-24-12-11-18(15-25(24)34-2)13-14-29-16-23-26(19-7-4-3-5-8-19)31-32(30-23)17-20-21(27)9-6-10-22(20)28/h3-12,15,29H,13-14,16-17H2,1-2H3. The molecule has 1 N–H and O–H groups in total. The van der Waals surface area contributed by atoms with Gasteiger partial charge in [0.2, 0.25) is 0 Å². The SMILES string of the molecule is COc1ccc(CCNCc2nn(Cc3c(F)cccc3Cl)nc2-c2ccccc2)cc1OC. The van der Waals surface area contributed by atoms with E-state index in [-0.39, 0.29) is 12.4 Å². The summed E-state index contributed by atoms with van der Waals surface area (Å²) in [5.74, 6) is 1.04. The summed E-state index contributed by atoms with van der Waals surface area (Å²) in [5.41, 5.74) is 3.99. The monoisotopic (exact) mass is 480 g/mol. The number of hydrogen-bond donors (Lipinski definition) is 1. The molecule has 1 heterocycles. The fraction of sp³-hybridized carbons (Fsp3) is 0.231. The van der Waals surface area contributed by atoms with Crippen LogP contribution in [0.1, 0.15) is 16.8 Å². The Morgan fingerprint density at radius 3 is 2.47 bits per heavy atom. The number of rotatable bonds is 10. The molecule has 3 aromatic carbocycles. The first-order chi connectivity index (χ1) is 16.6. The van der Waals surface area contributed by atoms with E-state index in [1.54, 1.807) is 26.4 Å². The maximum atomic E-state index is 14.3. The van der Waals surface area contributed by atoms with Crippen LogP contribution in [0.2, 0.25) is 5.02 Å². The molecular weight excluding hydrogens is 455 g/mol. The summed E-state index contributed by atoms with van der Waals surface area (Å²) in [6.07, 6.45) is 0.806. The summed E-state index contributed by atoms with van der Waals surface area (Å²) in [6.45, 7) is 1.40. The van der Waals surface area contributed by atoms with Gasteiger partial charge in [0, 0.05) is 22.7 Å². The fourth-order valence-electron chi connectivity index (χ4n) is 3.69. The summed E-state index contributed by atoms with van der Waals surface area (Å²) in [5, 5.41) is 13.1. The van der Waals surface area contributed by atoms with Crippen molar-refractivity contribution in [3.05, 3.63) is 94.4 Å². The topological polar surface area (TPSA) is 61.2 Å². The van der Waals surface area contributed by atoms with Gasteiger partial charge in [-0.3, -0.25) is 0 Å². The molecule has 0 unspecified atom stereocenters. The predicted octanol–water partition coefficient (Wildman–Crippen LogP) is 5.14. The van der Waals surface area contributed by atoms with Crippen molar-refractivity contribution < 1.29 is 13.9 Å². The quantitative estimate of drug-likeness (QED) is 0.319. The Bertz CT molecular complexity index is 1230. The van der Waals surface area contributed by atoms with Gasteiger partial charge in [-0.05, 0) is 42.8 Å². The van der Waals surface area contributed by atoms with Crippen molar-refractivity contribution in [2.75, 3.05) is 20.8 Å². The molecule has 0 spiro atoms. The molecule has 6 nitrogen and oxygen atoms in total. The molecule has 0 radical (unpaired) electrons. The Morgan fingerprint density at radius 1 is 0.941 bits per heavy atom. The largest absolute Gasteiger partial charge is 0.493 e. The summed E-state index contributed by atoms with van der Waals surface area (Å²) >= 11 is 6.21. The average molecular weight is 481 g/mol. The van der Waals surface area contributed by atoms with Crippen molar-refractivity contribution in [3.63, 3.8) is 0 Å². The van der Waals surface area contributed by atoms with Gasteiger partial charge in [-0.15, -0.1) is 0 Å². The van der Waals surface area contributed by atoms with Gasteiger partial charge in [0.25, 0.3) is 0 Å². The second kappa shape index (κ2) is 11.1. The third kappa shape index (κ3) is 5.55. The second-order valence-corrected chi connectivity index (χ2v) is 8.12. The van der Waals surface area contributed by atoms with Gasteiger partial charge < -0.3 is 14.8 Å². The van der Waals surface area contributed by atoms with Crippen LogP contribution in [-0.2, 0) is 19.5 Å². The van der Waals surface area contributed by atoms with Crippen LogP contribution in [0.15, 0.2) is 66.7 Å². The highest BCUT2D eigenvalue weighted by molar-refractivity contribution is 6.31. The lowest BCUT2D eigenvalue weighted by Gasteiger charge is -2.10. The highest BCUT2D eigenvalue weighted by Gasteiger charge is 2.15. The molecule has 4 rings (SSSR count). The number of aromatic nitrogens is 3. The molecule has 176 valence electrons. The van der Waals surface area contributed by atoms with E-state index in [0.29, 0.717) is 28.6 Å². The van der Waals surface area contributed by atoms with Gasteiger partial charge in [-0.2, -0.15) is 15.0 Å². The van der Waals surface area contributed by atoms with Gasteiger partial charge >= 0.3 is 0 Å². The van der Waals surface area contributed by atoms with Crippen LogP contribution >= 0.6 is 11.6 Å². The highest BCUT2D eigenvalue weighted by atomic mass is 35.5. The van der Waals surface area contributed by atoms with E-state index in [1.807, 2.05) is 48.5 Å². The molecule has 0 amide bonds. The lowest BCUT2D eigenvalue weighted by Crippen LogP contribution is -2.18. The van der Waals surface area contributed by atoms with Crippen LogP contribution in [0, 0.1) is 5.82 Å². The van der Waals surface area contributed by atoms with Crippen LogP contribution in [0.25, 0.3) is 11.3 Å². The first-order valence-electron chi connectivity index (χ1n) is 10.9. The van der Waals surface area contributed by atoms with Crippen LogP contribution in [0.3, 0.4) is 0 Å². The zero-order valence-corrected chi connectivity index (χ0v) is 19.8. The molecule has 0 aliphatic heterocycles. The first kappa shape index (κ1) is 23.7. The smallest absolute Gasteiger partial charge is 0.160 e. The molecule has 0 atom stereocenters. The van der Waals surface area contributed by atoms with Crippen molar-refractivity contribution in [3.8, 4) is 22.8 Å². The molecule has 0 bridgehead atoms. The van der Waals surface area contributed by atoms with Gasteiger partial charge in [-0.25, -0.2) is 4.39 Å². The molecule has 4 aromatic rings. The van der Waals surface area contributed by atoms with E-state index in [2.05, 4.69) is 15.5 Å². The molecule has 0 fully saturated rings. The molecule has 34 heavy (non-hydrogen) atoms. The molecule has 0 aliphatic carbocycles. The minimum Gasteiger partial charge on any atom is -0.493 e. The normalized spacial score (nSPS) is 10.9. The number of methoxy groups -OCH3 is 2. The number of halogens is 2. The van der Waals surface area contributed by atoms with Crippen LogP contribution < -0.4 is 14.8 Å². The Labute approximate surface area is 203 Å². The van der Waals surface area contributed by atoms with Crippen molar-refractivity contribution in [2.24, 2.45) is 0 Å². The summed E-state index contributed by atoms with van der Waals surface area (Å²) in [7, 11) is 3.25. The zero-order chi connectivity index (χ0) is 23.9. The maximum absolute atomic E-state index is 14.3. The molecule has 8 heteroatoms. The summed E-state index contributed by atoms with van der Waals surface area (Å²) in [6, 6.07) is 20.4. The van der Waals surface area contributed by atoms with Gasteiger partial charge in [0.1, 0.15) is 17.2 Å². The molecule has 0 saturated heterocycles. The highest BCUT2D eigenvalue weighted by Crippen LogP contribution is 2.28. The lowest BCUT2D eigenvalue weighted by molar-refractivity contribution is 0.354. The van der Waals surface area contributed by atoms with E-state index < -0.39 is 0 Å². The number of nitrogens with zero attached hydrogens (tertiary/aromatic N) is 3. The minimum absolute atomic E-state index is 0.150. The number of hydrogen-bond acceptors (Lipinski definition) is 5. The third-order valence-electron chi connectivity index (χ3n) is 5.46. The predicted molar refractivity (Wildman–Crippen MR) is 131 cm³/mol. The van der Waals surface area contributed by atoms with Crippen molar-refractivity contribution in [2.45, 2.75) is 19.5 Å². The molecule has 0 saturated carbocycles. The molecule has 1 aromatic heterocycles. The van der Waals surface area contributed by atoms with Crippen LogP contribution in [0.4, 0.5) is 4.39 Å². The Balaban J connectivity index is 1.48. The zero-order valence-electron chi connectivity index (χ0n) is 19.1. The van der Waals surface area contributed by atoms with E-state index in [4.69, 9.17) is 21.1 Å². The minimum atomic E-state index is -0.374. The Hall–Kier alpha value is -3.42. The van der Waals surface area contributed by atoms with Crippen molar-refractivity contribution in [1.29, 1.82) is 0 Å². The van der Waals surface area contributed by atoms with E-state index in [9.17, 15) is 4.39 Å². The van der Waals surface area contributed by atoms with E-state index in [1.165, 1.54) is 10.9 Å². The Morgan fingerprint density at radius 2 is 1.74 bits per heavy atom. The lowest BCUT2D eigenvalue weighted by atomic mass is 10.1. The number of nitrogens with one attached hydrogen (secondary N) is 1. The van der Waals surface area contributed by atoms with Crippen LogP contribution in [-0.4, -0.2) is 35.8 Å². The summed E-state index contributed by atoms with van der Waals surface area (Å²) < 4.78 is 25.0.